The third-order valence-electron chi connectivity index (χ3n) is 4.64. The molecule has 1 aliphatic carbocycles. The zero-order valence-corrected chi connectivity index (χ0v) is 15.2. The summed E-state index contributed by atoms with van der Waals surface area (Å²) >= 11 is 0. The molecule has 0 aromatic carbocycles. The lowest BCUT2D eigenvalue weighted by Gasteiger charge is -2.25. The van der Waals surface area contributed by atoms with Crippen molar-refractivity contribution < 1.29 is 8.83 Å². The van der Waals surface area contributed by atoms with Gasteiger partial charge < -0.3 is 19.5 Å². The summed E-state index contributed by atoms with van der Waals surface area (Å²) in [6, 6.07) is 4.40. The number of hydrogen-bond donors (Lipinski definition) is 2. The van der Waals surface area contributed by atoms with Crippen molar-refractivity contribution in [3.8, 4) is 0 Å². The van der Waals surface area contributed by atoms with Crippen molar-refractivity contribution >= 4 is 5.96 Å². The van der Waals surface area contributed by atoms with Crippen LogP contribution in [0.4, 0.5) is 0 Å². The number of hydrogen-bond acceptors (Lipinski definition) is 4. The minimum Gasteiger partial charge on any atom is -0.469 e. The Balaban J connectivity index is 1.58. The van der Waals surface area contributed by atoms with E-state index in [4.69, 9.17) is 8.83 Å². The van der Waals surface area contributed by atoms with Crippen molar-refractivity contribution in [2.45, 2.75) is 65.0 Å². The Morgan fingerprint density at radius 1 is 1.28 bits per heavy atom. The van der Waals surface area contributed by atoms with Crippen LogP contribution in [-0.4, -0.2) is 23.5 Å². The van der Waals surface area contributed by atoms with Crippen molar-refractivity contribution in [3.63, 3.8) is 0 Å². The molecule has 1 saturated carbocycles. The minimum atomic E-state index is 0.442. The summed E-state index contributed by atoms with van der Waals surface area (Å²) in [4.78, 5) is 9.07. The van der Waals surface area contributed by atoms with Crippen LogP contribution in [0, 0.1) is 13.8 Å². The average molecular weight is 344 g/mol. The number of aromatic nitrogens is 1. The largest absolute Gasteiger partial charge is 0.469 e. The van der Waals surface area contributed by atoms with Crippen LogP contribution in [0.3, 0.4) is 0 Å². The SMILES string of the molecule is Cc1nc(CN=C(NCCc2ccco2)NC2CCCCC2)oc1C. The predicted molar refractivity (Wildman–Crippen MR) is 97.5 cm³/mol. The molecule has 6 heteroatoms. The second kappa shape index (κ2) is 8.74. The first-order valence-electron chi connectivity index (χ1n) is 9.21. The van der Waals surface area contributed by atoms with Crippen LogP contribution >= 0.6 is 0 Å². The van der Waals surface area contributed by atoms with E-state index in [2.05, 4.69) is 20.6 Å². The Labute approximate surface area is 149 Å². The Bertz CT molecular complexity index is 650. The lowest BCUT2D eigenvalue weighted by molar-refractivity contribution is 0.409. The van der Waals surface area contributed by atoms with Gasteiger partial charge in [-0.3, -0.25) is 0 Å². The lowest BCUT2D eigenvalue weighted by atomic mass is 9.96. The standard InChI is InChI=1S/C19H28N4O2/c1-14-15(2)25-18(22-14)13-21-19(23-16-7-4-3-5-8-16)20-11-10-17-9-6-12-24-17/h6,9,12,16H,3-5,7-8,10-11,13H2,1-2H3,(H2,20,21,23). The van der Waals surface area contributed by atoms with Gasteiger partial charge in [0.2, 0.25) is 5.89 Å². The molecule has 0 spiro atoms. The quantitative estimate of drug-likeness (QED) is 0.620. The van der Waals surface area contributed by atoms with Gasteiger partial charge in [-0.1, -0.05) is 19.3 Å². The van der Waals surface area contributed by atoms with Gasteiger partial charge in [-0.2, -0.15) is 0 Å². The molecule has 3 rings (SSSR count). The zero-order valence-electron chi connectivity index (χ0n) is 15.2. The number of aliphatic imine (C=N–C) groups is 1. The molecule has 2 heterocycles. The van der Waals surface area contributed by atoms with Crippen molar-refractivity contribution in [2.75, 3.05) is 6.54 Å². The molecule has 1 fully saturated rings. The highest BCUT2D eigenvalue weighted by Gasteiger charge is 2.15. The first-order valence-corrected chi connectivity index (χ1v) is 9.21. The maximum absolute atomic E-state index is 5.63. The number of furan rings is 1. The molecular formula is C19H28N4O2. The summed E-state index contributed by atoms with van der Waals surface area (Å²) in [5, 5.41) is 6.97. The van der Waals surface area contributed by atoms with Gasteiger partial charge in [0.25, 0.3) is 0 Å². The molecule has 2 aromatic rings. The number of nitrogens with one attached hydrogen (secondary N) is 2. The van der Waals surface area contributed by atoms with Crippen LogP contribution in [0.25, 0.3) is 0 Å². The van der Waals surface area contributed by atoms with E-state index in [1.54, 1.807) is 6.26 Å². The van der Waals surface area contributed by atoms with E-state index in [1.807, 2.05) is 26.0 Å². The summed E-state index contributed by atoms with van der Waals surface area (Å²) < 4.78 is 11.0. The van der Waals surface area contributed by atoms with E-state index in [9.17, 15) is 0 Å². The molecule has 0 atom stereocenters. The molecule has 1 aliphatic rings. The molecule has 0 bridgehead atoms. The molecule has 2 N–H and O–H groups in total. The Hall–Kier alpha value is -2.24. The van der Waals surface area contributed by atoms with Crippen LogP contribution in [-0.2, 0) is 13.0 Å². The molecule has 6 nitrogen and oxygen atoms in total. The molecule has 136 valence electrons. The number of aryl methyl sites for hydroxylation is 2. The summed E-state index contributed by atoms with van der Waals surface area (Å²) in [5.41, 5.74) is 0.928. The Morgan fingerprint density at radius 3 is 2.80 bits per heavy atom. The third-order valence-corrected chi connectivity index (χ3v) is 4.64. The van der Waals surface area contributed by atoms with E-state index >= 15 is 0 Å². The fraction of sp³-hybridized carbons (Fsp3) is 0.579. The third kappa shape index (κ3) is 5.37. The average Bonchev–Trinajstić information content (AvgIpc) is 3.24. The van der Waals surface area contributed by atoms with E-state index < -0.39 is 0 Å². The van der Waals surface area contributed by atoms with E-state index in [1.165, 1.54) is 32.1 Å². The minimum absolute atomic E-state index is 0.442. The lowest BCUT2D eigenvalue weighted by Crippen LogP contribution is -2.44. The smallest absolute Gasteiger partial charge is 0.216 e. The molecular weight excluding hydrogens is 316 g/mol. The normalized spacial score (nSPS) is 16.2. The highest BCUT2D eigenvalue weighted by molar-refractivity contribution is 5.80. The zero-order chi connectivity index (χ0) is 17.5. The van der Waals surface area contributed by atoms with Crippen molar-refractivity contribution in [1.29, 1.82) is 0 Å². The monoisotopic (exact) mass is 344 g/mol. The fourth-order valence-electron chi connectivity index (χ4n) is 3.11. The molecule has 0 saturated heterocycles. The Kier molecular flexibility index (Phi) is 6.14. The maximum atomic E-state index is 5.63. The maximum Gasteiger partial charge on any atom is 0.216 e. The van der Waals surface area contributed by atoms with Crippen molar-refractivity contribution in [1.82, 2.24) is 15.6 Å². The van der Waals surface area contributed by atoms with Gasteiger partial charge in [-0.05, 0) is 38.8 Å². The number of nitrogens with zero attached hydrogens (tertiary/aromatic N) is 2. The van der Waals surface area contributed by atoms with Crippen LogP contribution in [0.2, 0.25) is 0 Å². The van der Waals surface area contributed by atoms with Crippen LogP contribution in [0.15, 0.2) is 32.2 Å². The van der Waals surface area contributed by atoms with Gasteiger partial charge in [-0.15, -0.1) is 0 Å². The second-order valence-electron chi connectivity index (χ2n) is 6.65. The van der Waals surface area contributed by atoms with E-state index in [0.29, 0.717) is 18.5 Å². The molecule has 0 unspecified atom stereocenters. The van der Waals surface area contributed by atoms with Gasteiger partial charge in [0, 0.05) is 19.0 Å². The molecule has 0 amide bonds. The molecule has 0 aliphatic heterocycles. The first kappa shape index (κ1) is 17.6. The predicted octanol–water partition coefficient (Wildman–Crippen LogP) is 3.50. The second-order valence-corrected chi connectivity index (χ2v) is 6.65. The number of rotatable bonds is 6. The van der Waals surface area contributed by atoms with Crippen LogP contribution in [0.1, 0.15) is 55.2 Å². The topological polar surface area (TPSA) is 75.6 Å². The summed E-state index contributed by atoms with van der Waals surface area (Å²) in [7, 11) is 0. The number of oxazole rings is 1. The molecule has 0 radical (unpaired) electrons. The van der Waals surface area contributed by atoms with Gasteiger partial charge in [0.05, 0.1) is 12.0 Å². The molecule has 2 aromatic heterocycles. The number of guanidine groups is 1. The van der Waals surface area contributed by atoms with Gasteiger partial charge in [-0.25, -0.2) is 9.98 Å². The van der Waals surface area contributed by atoms with Gasteiger partial charge in [0.1, 0.15) is 18.1 Å². The highest BCUT2D eigenvalue weighted by atomic mass is 16.4. The first-order chi connectivity index (χ1) is 12.2. The summed E-state index contributed by atoms with van der Waals surface area (Å²) in [6.45, 7) is 5.10. The van der Waals surface area contributed by atoms with E-state index in [0.717, 1.165) is 36.1 Å². The molecule has 25 heavy (non-hydrogen) atoms. The summed E-state index contributed by atoms with van der Waals surface area (Å²) in [6.07, 6.45) is 8.86. The highest BCUT2D eigenvalue weighted by Crippen LogP contribution is 2.17. The van der Waals surface area contributed by atoms with Gasteiger partial charge >= 0.3 is 0 Å². The fourth-order valence-corrected chi connectivity index (χ4v) is 3.11. The van der Waals surface area contributed by atoms with Crippen molar-refractivity contribution in [3.05, 3.63) is 41.5 Å². The van der Waals surface area contributed by atoms with Gasteiger partial charge in [0.15, 0.2) is 5.96 Å². The van der Waals surface area contributed by atoms with Crippen molar-refractivity contribution in [2.24, 2.45) is 4.99 Å². The van der Waals surface area contributed by atoms with E-state index in [-0.39, 0.29) is 0 Å². The summed E-state index contributed by atoms with van der Waals surface area (Å²) in [5.74, 6) is 3.32. The van der Waals surface area contributed by atoms with Crippen LogP contribution in [0.5, 0.6) is 0 Å². The Morgan fingerprint density at radius 2 is 2.12 bits per heavy atom. The van der Waals surface area contributed by atoms with Crippen LogP contribution < -0.4 is 10.6 Å².